The maximum atomic E-state index is 9.25. The number of benzene rings is 2. The van der Waals surface area contributed by atoms with Crippen molar-refractivity contribution in [2.45, 2.75) is 6.04 Å². The lowest BCUT2D eigenvalue weighted by Crippen LogP contribution is -2.08. The Kier molecular flexibility index (Phi) is 4.27. The summed E-state index contributed by atoms with van der Waals surface area (Å²) in [6.45, 7) is 0. The Morgan fingerprint density at radius 1 is 1.11 bits per heavy atom. The molecule has 2 aromatic carbocycles. The number of hydrogen-bond acceptors (Lipinski definition) is 3. The third kappa shape index (κ3) is 3.40. The number of rotatable bonds is 4. The summed E-state index contributed by atoms with van der Waals surface area (Å²) in [6, 6.07) is 16.5. The molecule has 0 aliphatic heterocycles. The predicted octanol–water partition coefficient (Wildman–Crippen LogP) is 4.03. The monoisotopic (exact) mass is 272 g/mol. The number of nitrogens with one attached hydrogen (secondary N) is 1. The van der Waals surface area contributed by atoms with Crippen LogP contribution in [0.4, 0.5) is 5.69 Å². The minimum absolute atomic E-state index is 0.410. The van der Waals surface area contributed by atoms with Gasteiger partial charge in [0.25, 0.3) is 0 Å². The average molecular weight is 273 g/mol. The van der Waals surface area contributed by atoms with Gasteiger partial charge in [-0.25, -0.2) is 0 Å². The third-order valence-corrected chi connectivity index (χ3v) is 2.99. The summed E-state index contributed by atoms with van der Waals surface area (Å²) in [5.41, 5.74) is 1.74. The number of methoxy groups -OCH3 is 1. The van der Waals surface area contributed by atoms with E-state index in [1.807, 2.05) is 36.4 Å². The fourth-order valence-corrected chi connectivity index (χ4v) is 1.83. The van der Waals surface area contributed by atoms with Crippen molar-refractivity contribution in [3.05, 3.63) is 59.1 Å². The molecule has 0 saturated carbocycles. The first kappa shape index (κ1) is 13.3. The molecule has 2 rings (SSSR count). The van der Waals surface area contributed by atoms with Gasteiger partial charge in [0.15, 0.2) is 0 Å². The van der Waals surface area contributed by atoms with Crippen LogP contribution in [-0.2, 0) is 0 Å². The van der Waals surface area contributed by atoms with E-state index < -0.39 is 6.04 Å². The van der Waals surface area contributed by atoms with E-state index in [9.17, 15) is 5.26 Å². The number of nitriles is 1. The molecule has 0 saturated heterocycles. The normalized spacial score (nSPS) is 11.4. The van der Waals surface area contributed by atoms with Gasteiger partial charge >= 0.3 is 0 Å². The molecule has 0 radical (unpaired) electrons. The molecular formula is C15H13ClN2O. The van der Waals surface area contributed by atoms with E-state index in [0.717, 1.165) is 17.0 Å². The van der Waals surface area contributed by atoms with E-state index in [1.165, 1.54) is 0 Å². The van der Waals surface area contributed by atoms with Gasteiger partial charge in [-0.1, -0.05) is 23.7 Å². The highest BCUT2D eigenvalue weighted by molar-refractivity contribution is 6.30. The molecule has 1 atom stereocenters. The van der Waals surface area contributed by atoms with Crippen LogP contribution in [0.5, 0.6) is 5.75 Å². The van der Waals surface area contributed by atoms with Crippen LogP contribution in [0.25, 0.3) is 0 Å². The van der Waals surface area contributed by atoms with Crippen LogP contribution < -0.4 is 10.1 Å². The molecule has 0 heterocycles. The van der Waals surface area contributed by atoms with E-state index in [4.69, 9.17) is 16.3 Å². The SMILES string of the molecule is COc1ccc(C(C#N)Nc2ccc(Cl)cc2)cc1. The second-order valence-corrected chi connectivity index (χ2v) is 4.42. The molecule has 0 amide bonds. The lowest BCUT2D eigenvalue weighted by Gasteiger charge is -2.13. The Morgan fingerprint density at radius 2 is 1.74 bits per heavy atom. The van der Waals surface area contributed by atoms with Crippen molar-refractivity contribution in [2.75, 3.05) is 12.4 Å². The molecule has 0 aliphatic rings. The molecule has 4 heteroatoms. The number of nitrogens with zero attached hydrogens (tertiary/aromatic N) is 1. The van der Waals surface area contributed by atoms with E-state index in [0.29, 0.717) is 5.02 Å². The van der Waals surface area contributed by atoms with Crippen LogP contribution in [0, 0.1) is 11.3 Å². The van der Waals surface area contributed by atoms with Crippen molar-refractivity contribution in [1.29, 1.82) is 5.26 Å². The number of hydrogen-bond donors (Lipinski definition) is 1. The molecule has 0 spiro atoms. The highest BCUT2D eigenvalue weighted by Gasteiger charge is 2.10. The third-order valence-electron chi connectivity index (χ3n) is 2.73. The summed E-state index contributed by atoms with van der Waals surface area (Å²) in [6.07, 6.45) is 0. The second kappa shape index (κ2) is 6.12. The van der Waals surface area contributed by atoms with Crippen LogP contribution in [-0.4, -0.2) is 7.11 Å². The number of anilines is 1. The van der Waals surface area contributed by atoms with E-state index in [1.54, 1.807) is 19.2 Å². The minimum Gasteiger partial charge on any atom is -0.497 e. The molecule has 0 bridgehead atoms. The van der Waals surface area contributed by atoms with Crippen molar-refractivity contribution in [3.8, 4) is 11.8 Å². The first-order chi connectivity index (χ1) is 9.22. The summed E-state index contributed by atoms with van der Waals surface area (Å²) in [5.74, 6) is 0.770. The van der Waals surface area contributed by atoms with Crippen LogP contribution in [0.2, 0.25) is 5.02 Å². The second-order valence-electron chi connectivity index (χ2n) is 3.99. The number of halogens is 1. The zero-order chi connectivity index (χ0) is 13.7. The van der Waals surface area contributed by atoms with E-state index in [2.05, 4.69) is 11.4 Å². The zero-order valence-electron chi connectivity index (χ0n) is 10.4. The van der Waals surface area contributed by atoms with Crippen molar-refractivity contribution >= 4 is 17.3 Å². The van der Waals surface area contributed by atoms with Crippen molar-refractivity contribution in [1.82, 2.24) is 0 Å². The summed E-state index contributed by atoms with van der Waals surface area (Å²) in [4.78, 5) is 0. The van der Waals surface area contributed by atoms with Crippen LogP contribution >= 0.6 is 11.6 Å². The summed E-state index contributed by atoms with van der Waals surface area (Å²) in [7, 11) is 1.61. The Bertz CT molecular complexity index is 573. The summed E-state index contributed by atoms with van der Waals surface area (Å²) in [5, 5.41) is 13.1. The zero-order valence-corrected chi connectivity index (χ0v) is 11.2. The lowest BCUT2D eigenvalue weighted by atomic mass is 10.1. The minimum atomic E-state index is -0.410. The Labute approximate surface area is 117 Å². The molecule has 96 valence electrons. The Morgan fingerprint density at radius 3 is 2.26 bits per heavy atom. The van der Waals surface area contributed by atoms with Gasteiger partial charge in [-0.15, -0.1) is 0 Å². The topological polar surface area (TPSA) is 45.0 Å². The van der Waals surface area contributed by atoms with Gasteiger partial charge in [0.2, 0.25) is 0 Å². The average Bonchev–Trinajstić information content (AvgIpc) is 2.47. The van der Waals surface area contributed by atoms with Gasteiger partial charge in [0.05, 0.1) is 13.2 Å². The Hall–Kier alpha value is -2.18. The van der Waals surface area contributed by atoms with Crippen molar-refractivity contribution in [2.24, 2.45) is 0 Å². The van der Waals surface area contributed by atoms with Gasteiger partial charge in [0, 0.05) is 10.7 Å². The maximum absolute atomic E-state index is 9.25. The molecule has 1 unspecified atom stereocenters. The van der Waals surface area contributed by atoms with Gasteiger partial charge < -0.3 is 10.1 Å². The van der Waals surface area contributed by atoms with E-state index >= 15 is 0 Å². The lowest BCUT2D eigenvalue weighted by molar-refractivity contribution is 0.414. The molecule has 1 N–H and O–H groups in total. The fraction of sp³-hybridized carbons (Fsp3) is 0.133. The molecule has 19 heavy (non-hydrogen) atoms. The first-order valence-corrected chi connectivity index (χ1v) is 6.16. The smallest absolute Gasteiger partial charge is 0.140 e. The molecular weight excluding hydrogens is 260 g/mol. The summed E-state index contributed by atoms with van der Waals surface area (Å²) >= 11 is 5.83. The van der Waals surface area contributed by atoms with Crippen molar-refractivity contribution in [3.63, 3.8) is 0 Å². The van der Waals surface area contributed by atoms with Crippen molar-refractivity contribution < 1.29 is 4.74 Å². The molecule has 0 aliphatic carbocycles. The molecule has 3 nitrogen and oxygen atoms in total. The van der Waals surface area contributed by atoms with E-state index in [-0.39, 0.29) is 0 Å². The maximum Gasteiger partial charge on any atom is 0.140 e. The quantitative estimate of drug-likeness (QED) is 0.914. The first-order valence-electron chi connectivity index (χ1n) is 5.78. The van der Waals surface area contributed by atoms with Gasteiger partial charge in [0.1, 0.15) is 11.8 Å². The summed E-state index contributed by atoms with van der Waals surface area (Å²) < 4.78 is 5.10. The van der Waals surface area contributed by atoms with Crippen LogP contribution in [0.3, 0.4) is 0 Å². The highest BCUT2D eigenvalue weighted by atomic mass is 35.5. The Balaban J connectivity index is 2.15. The molecule has 0 aromatic heterocycles. The largest absolute Gasteiger partial charge is 0.497 e. The highest BCUT2D eigenvalue weighted by Crippen LogP contribution is 2.22. The number of ether oxygens (including phenoxy) is 1. The van der Waals surface area contributed by atoms with Crippen LogP contribution in [0.1, 0.15) is 11.6 Å². The standard InChI is InChI=1S/C15H13ClN2O/c1-19-14-8-2-11(3-9-14)15(10-17)18-13-6-4-12(16)5-7-13/h2-9,15,18H,1H3. The predicted molar refractivity (Wildman–Crippen MR) is 76.4 cm³/mol. The van der Waals surface area contributed by atoms with Gasteiger partial charge in [-0.05, 0) is 42.0 Å². The fourth-order valence-electron chi connectivity index (χ4n) is 1.70. The van der Waals surface area contributed by atoms with Gasteiger partial charge in [-0.2, -0.15) is 5.26 Å². The van der Waals surface area contributed by atoms with Crippen LogP contribution in [0.15, 0.2) is 48.5 Å². The van der Waals surface area contributed by atoms with Gasteiger partial charge in [-0.3, -0.25) is 0 Å². The molecule has 2 aromatic rings. The molecule has 0 fully saturated rings.